The van der Waals surface area contributed by atoms with Crippen molar-refractivity contribution in [3.05, 3.63) is 40.4 Å². The highest BCUT2D eigenvalue weighted by molar-refractivity contribution is 6.30. The lowest BCUT2D eigenvalue weighted by atomic mass is 10.1. The van der Waals surface area contributed by atoms with Crippen molar-refractivity contribution in [2.75, 3.05) is 0 Å². The van der Waals surface area contributed by atoms with Crippen molar-refractivity contribution in [1.82, 2.24) is 0 Å². The highest BCUT2D eigenvalue weighted by Gasteiger charge is 1.93. The van der Waals surface area contributed by atoms with Crippen molar-refractivity contribution < 1.29 is 4.79 Å². The number of halogens is 1. The summed E-state index contributed by atoms with van der Waals surface area (Å²) < 4.78 is 0. The molecule has 0 heterocycles. The molecule has 0 aliphatic carbocycles. The third-order valence-electron chi connectivity index (χ3n) is 1.69. The number of carbonyl (C=O) groups excluding carboxylic acids is 1. The van der Waals surface area contributed by atoms with Gasteiger partial charge in [-0.1, -0.05) is 29.8 Å². The Morgan fingerprint density at radius 1 is 1.50 bits per heavy atom. The molecule has 1 rings (SSSR count). The van der Waals surface area contributed by atoms with Gasteiger partial charge in [-0.3, -0.25) is 4.79 Å². The number of hydrogen-bond donors (Lipinski definition) is 1. The van der Waals surface area contributed by atoms with Crippen LogP contribution < -0.4 is 5.73 Å². The van der Waals surface area contributed by atoms with Crippen molar-refractivity contribution in [2.24, 2.45) is 5.73 Å². The molecule has 0 unspecified atom stereocenters. The summed E-state index contributed by atoms with van der Waals surface area (Å²) in [5.74, 6) is -0.333. The van der Waals surface area contributed by atoms with Gasteiger partial charge < -0.3 is 5.73 Å². The number of aryl methyl sites for hydroxylation is 1. The average Bonchev–Trinajstić information content (AvgIpc) is 2.01. The summed E-state index contributed by atoms with van der Waals surface area (Å²) in [5.41, 5.74) is 7.08. The first-order valence-corrected chi connectivity index (χ1v) is 4.68. The maximum atomic E-state index is 10.5. The van der Waals surface area contributed by atoms with Crippen LogP contribution in [0.3, 0.4) is 0 Å². The van der Waals surface area contributed by atoms with Crippen LogP contribution in [0.25, 0.3) is 6.08 Å². The fraction of sp³-hybridized carbons (Fsp3) is 0.182. The van der Waals surface area contributed by atoms with Crippen molar-refractivity contribution in [1.29, 1.82) is 0 Å². The van der Waals surface area contributed by atoms with E-state index in [1.54, 1.807) is 6.08 Å². The number of carbonyl (C=O) groups is 1. The van der Waals surface area contributed by atoms with Gasteiger partial charge in [0, 0.05) is 11.4 Å². The average molecular weight is 210 g/mol. The normalized spacial score (nSPS) is 10.7. The second kappa shape index (κ2) is 4.82. The highest BCUT2D eigenvalue weighted by atomic mass is 35.5. The molecule has 0 spiro atoms. The first-order valence-electron chi connectivity index (χ1n) is 4.30. The molecule has 0 fully saturated rings. The Labute approximate surface area is 88.4 Å². The topological polar surface area (TPSA) is 43.1 Å². The molecule has 74 valence electrons. The van der Waals surface area contributed by atoms with E-state index in [0.717, 1.165) is 11.1 Å². The molecule has 1 aromatic rings. The lowest BCUT2D eigenvalue weighted by Gasteiger charge is -1.97. The van der Waals surface area contributed by atoms with E-state index in [4.69, 9.17) is 17.3 Å². The minimum Gasteiger partial charge on any atom is -0.369 e. The molecule has 0 aliphatic rings. The second-order valence-corrected chi connectivity index (χ2v) is 3.57. The summed E-state index contributed by atoms with van der Waals surface area (Å²) in [6.45, 7) is 1.97. The summed E-state index contributed by atoms with van der Waals surface area (Å²) in [7, 11) is 0. The summed E-state index contributed by atoms with van der Waals surface area (Å²) >= 11 is 5.87. The van der Waals surface area contributed by atoms with E-state index in [9.17, 15) is 4.79 Å². The van der Waals surface area contributed by atoms with Crippen molar-refractivity contribution in [3.8, 4) is 0 Å². The van der Waals surface area contributed by atoms with Gasteiger partial charge >= 0.3 is 0 Å². The van der Waals surface area contributed by atoms with Gasteiger partial charge in [0.1, 0.15) is 0 Å². The number of benzene rings is 1. The summed E-state index contributed by atoms with van der Waals surface area (Å²) in [6, 6.07) is 5.71. The van der Waals surface area contributed by atoms with Gasteiger partial charge in [0.2, 0.25) is 5.91 Å². The second-order valence-electron chi connectivity index (χ2n) is 3.13. The van der Waals surface area contributed by atoms with Gasteiger partial charge in [-0.05, 0) is 30.2 Å². The standard InChI is InChI=1S/C11H12ClNO/c1-8-5-9(7-10(12)6-8)3-2-4-11(13)14/h2-3,5-7H,4H2,1H3,(H2,13,14). The van der Waals surface area contributed by atoms with Gasteiger partial charge in [-0.15, -0.1) is 0 Å². The Morgan fingerprint density at radius 2 is 2.21 bits per heavy atom. The lowest BCUT2D eigenvalue weighted by molar-refractivity contribution is -0.117. The summed E-state index contributed by atoms with van der Waals surface area (Å²) in [6.07, 6.45) is 3.82. The Kier molecular flexibility index (Phi) is 3.72. The van der Waals surface area contributed by atoms with Crippen LogP contribution in [0.15, 0.2) is 24.3 Å². The van der Waals surface area contributed by atoms with E-state index in [1.165, 1.54) is 0 Å². The smallest absolute Gasteiger partial charge is 0.221 e. The van der Waals surface area contributed by atoms with E-state index in [1.807, 2.05) is 31.2 Å². The first-order chi connectivity index (χ1) is 6.58. The Hall–Kier alpha value is -1.28. The highest BCUT2D eigenvalue weighted by Crippen LogP contribution is 2.15. The quantitative estimate of drug-likeness (QED) is 0.817. The third-order valence-corrected chi connectivity index (χ3v) is 1.91. The zero-order chi connectivity index (χ0) is 10.6. The number of amides is 1. The molecule has 3 heteroatoms. The Bertz CT molecular complexity index is 351. The predicted molar refractivity (Wildman–Crippen MR) is 59.0 cm³/mol. The number of hydrogen-bond acceptors (Lipinski definition) is 1. The first kappa shape index (κ1) is 10.8. The van der Waals surface area contributed by atoms with Crippen LogP contribution in [0.5, 0.6) is 0 Å². The molecule has 1 amide bonds. The number of primary amides is 1. The van der Waals surface area contributed by atoms with E-state index >= 15 is 0 Å². The molecule has 0 bridgehead atoms. The molecular formula is C11H12ClNO. The minimum atomic E-state index is -0.333. The molecule has 2 N–H and O–H groups in total. The van der Waals surface area contributed by atoms with Gasteiger partial charge in [0.15, 0.2) is 0 Å². The maximum Gasteiger partial charge on any atom is 0.221 e. The molecule has 0 aromatic heterocycles. The van der Waals surface area contributed by atoms with E-state index in [2.05, 4.69) is 0 Å². The SMILES string of the molecule is Cc1cc(Cl)cc(C=CCC(N)=O)c1. The van der Waals surface area contributed by atoms with E-state index in [0.29, 0.717) is 5.02 Å². The third kappa shape index (κ3) is 3.62. The zero-order valence-corrected chi connectivity index (χ0v) is 8.71. The molecule has 14 heavy (non-hydrogen) atoms. The molecule has 0 atom stereocenters. The molecule has 1 aromatic carbocycles. The molecular weight excluding hydrogens is 198 g/mol. The van der Waals surface area contributed by atoms with Crippen molar-refractivity contribution >= 4 is 23.6 Å². The van der Waals surface area contributed by atoms with E-state index in [-0.39, 0.29) is 12.3 Å². The van der Waals surface area contributed by atoms with Crippen molar-refractivity contribution in [2.45, 2.75) is 13.3 Å². The summed E-state index contributed by atoms with van der Waals surface area (Å²) in [4.78, 5) is 10.5. The van der Waals surface area contributed by atoms with Crippen LogP contribution >= 0.6 is 11.6 Å². The van der Waals surface area contributed by atoms with E-state index < -0.39 is 0 Å². The maximum absolute atomic E-state index is 10.5. The van der Waals surface area contributed by atoms with Crippen LogP contribution in [0.4, 0.5) is 0 Å². The Balaban J connectivity index is 2.76. The Morgan fingerprint density at radius 3 is 2.79 bits per heavy atom. The molecule has 0 saturated heterocycles. The fourth-order valence-electron chi connectivity index (χ4n) is 1.17. The molecule has 0 aliphatic heterocycles. The van der Waals surface area contributed by atoms with Crippen LogP contribution in [0, 0.1) is 6.92 Å². The minimum absolute atomic E-state index is 0.256. The lowest BCUT2D eigenvalue weighted by Crippen LogP contribution is -2.07. The van der Waals surface area contributed by atoms with Crippen LogP contribution in [0.2, 0.25) is 5.02 Å². The van der Waals surface area contributed by atoms with Crippen LogP contribution in [-0.2, 0) is 4.79 Å². The largest absolute Gasteiger partial charge is 0.369 e. The summed E-state index contributed by atoms with van der Waals surface area (Å²) in [5, 5.41) is 0.698. The number of nitrogens with two attached hydrogens (primary N) is 1. The zero-order valence-electron chi connectivity index (χ0n) is 7.96. The molecule has 0 radical (unpaired) electrons. The number of rotatable bonds is 3. The predicted octanol–water partition coefficient (Wildman–Crippen LogP) is 2.54. The van der Waals surface area contributed by atoms with Gasteiger partial charge in [-0.25, -0.2) is 0 Å². The van der Waals surface area contributed by atoms with Crippen LogP contribution in [0.1, 0.15) is 17.5 Å². The van der Waals surface area contributed by atoms with Gasteiger partial charge in [0.05, 0.1) is 0 Å². The fourth-order valence-corrected chi connectivity index (χ4v) is 1.47. The monoisotopic (exact) mass is 209 g/mol. The molecule has 0 saturated carbocycles. The van der Waals surface area contributed by atoms with Crippen molar-refractivity contribution in [3.63, 3.8) is 0 Å². The van der Waals surface area contributed by atoms with Crippen LogP contribution in [-0.4, -0.2) is 5.91 Å². The van der Waals surface area contributed by atoms with Gasteiger partial charge in [0.25, 0.3) is 0 Å². The van der Waals surface area contributed by atoms with Gasteiger partial charge in [-0.2, -0.15) is 0 Å². The molecule has 2 nitrogen and oxygen atoms in total.